The van der Waals surface area contributed by atoms with Gasteiger partial charge in [-0.15, -0.1) is 0 Å². The Morgan fingerprint density at radius 3 is 2.69 bits per heavy atom. The summed E-state index contributed by atoms with van der Waals surface area (Å²) in [7, 11) is 0. The molecule has 2 N–H and O–H groups in total. The number of ether oxygens (including phenoxy) is 1. The summed E-state index contributed by atoms with van der Waals surface area (Å²) in [6.45, 7) is 2.18. The van der Waals surface area contributed by atoms with Crippen LogP contribution in [0.3, 0.4) is 0 Å². The number of carbonyl (C=O) groups is 2. The van der Waals surface area contributed by atoms with Gasteiger partial charge in [0, 0.05) is 0 Å². The van der Waals surface area contributed by atoms with Gasteiger partial charge in [-0.1, -0.05) is 19.1 Å². The van der Waals surface area contributed by atoms with Crippen molar-refractivity contribution in [3.05, 3.63) is 29.8 Å². The Labute approximate surface area is 93.0 Å². The van der Waals surface area contributed by atoms with Crippen LogP contribution in [0.15, 0.2) is 24.3 Å². The molecule has 1 amide bonds. The molecule has 0 heterocycles. The molecule has 0 atom stereocenters. The van der Waals surface area contributed by atoms with Gasteiger partial charge in [0.1, 0.15) is 0 Å². The first-order valence-corrected chi connectivity index (χ1v) is 4.91. The van der Waals surface area contributed by atoms with Crippen molar-refractivity contribution in [1.82, 2.24) is 0 Å². The summed E-state index contributed by atoms with van der Waals surface area (Å²) in [5, 5.41) is 11.2. The summed E-state index contributed by atoms with van der Waals surface area (Å²) in [6, 6.07) is 6.16. The maximum atomic E-state index is 11.2. The average Bonchev–Trinajstić information content (AvgIpc) is 2.27. The first-order valence-electron chi connectivity index (χ1n) is 4.91. The molecule has 5 heteroatoms. The number of anilines is 1. The van der Waals surface area contributed by atoms with Gasteiger partial charge in [0.2, 0.25) is 0 Å². The number of aromatic carboxylic acids is 1. The number of amides is 1. The zero-order chi connectivity index (χ0) is 12.0. The molecular formula is C11H13NO4. The van der Waals surface area contributed by atoms with Gasteiger partial charge in [0.15, 0.2) is 0 Å². The van der Waals surface area contributed by atoms with E-state index >= 15 is 0 Å². The van der Waals surface area contributed by atoms with Crippen LogP contribution in [-0.2, 0) is 4.74 Å². The molecule has 0 saturated heterocycles. The standard InChI is InChI=1S/C11H13NO4/c1-2-7-16-11(15)12-9-6-4-3-5-8(9)10(13)14/h3-6H,2,7H2,1H3,(H,12,15)(H,13,14). The Bertz CT molecular complexity index is 389. The zero-order valence-corrected chi connectivity index (χ0v) is 8.90. The predicted molar refractivity (Wildman–Crippen MR) is 58.7 cm³/mol. The van der Waals surface area contributed by atoms with E-state index in [0.29, 0.717) is 13.0 Å². The zero-order valence-electron chi connectivity index (χ0n) is 8.90. The molecule has 0 saturated carbocycles. The molecular weight excluding hydrogens is 210 g/mol. The molecule has 16 heavy (non-hydrogen) atoms. The van der Waals surface area contributed by atoms with Crippen LogP contribution in [0.25, 0.3) is 0 Å². The maximum Gasteiger partial charge on any atom is 0.411 e. The number of hydrogen-bond acceptors (Lipinski definition) is 3. The molecule has 0 aliphatic carbocycles. The van der Waals surface area contributed by atoms with Crippen LogP contribution in [-0.4, -0.2) is 23.8 Å². The van der Waals surface area contributed by atoms with Crippen molar-refractivity contribution < 1.29 is 19.4 Å². The summed E-state index contributed by atoms with van der Waals surface area (Å²) < 4.78 is 4.79. The average molecular weight is 223 g/mol. The van der Waals surface area contributed by atoms with Gasteiger partial charge in [-0.05, 0) is 18.6 Å². The molecule has 0 aromatic heterocycles. The molecule has 0 unspecified atom stereocenters. The van der Waals surface area contributed by atoms with E-state index in [1.165, 1.54) is 12.1 Å². The van der Waals surface area contributed by atoms with E-state index in [4.69, 9.17) is 9.84 Å². The lowest BCUT2D eigenvalue weighted by Crippen LogP contribution is -2.16. The van der Waals surface area contributed by atoms with Crippen molar-refractivity contribution >= 4 is 17.7 Å². The lowest BCUT2D eigenvalue weighted by molar-refractivity contribution is 0.0698. The largest absolute Gasteiger partial charge is 0.478 e. The molecule has 0 radical (unpaired) electrons. The molecule has 0 aliphatic rings. The van der Waals surface area contributed by atoms with Crippen LogP contribution in [0, 0.1) is 0 Å². The van der Waals surface area contributed by atoms with Gasteiger partial charge < -0.3 is 9.84 Å². The summed E-state index contributed by atoms with van der Waals surface area (Å²) in [4.78, 5) is 22.0. The van der Waals surface area contributed by atoms with E-state index < -0.39 is 12.1 Å². The highest BCUT2D eigenvalue weighted by molar-refractivity contribution is 5.98. The van der Waals surface area contributed by atoms with Crippen LogP contribution in [0.1, 0.15) is 23.7 Å². The Kier molecular flexibility index (Phi) is 4.32. The predicted octanol–water partition coefficient (Wildman–Crippen LogP) is 2.34. The first kappa shape index (κ1) is 12.0. The number of benzene rings is 1. The highest BCUT2D eigenvalue weighted by Crippen LogP contribution is 2.14. The summed E-state index contributed by atoms with van der Waals surface area (Å²) >= 11 is 0. The smallest absolute Gasteiger partial charge is 0.411 e. The Morgan fingerprint density at radius 2 is 2.06 bits per heavy atom. The van der Waals surface area contributed by atoms with Crippen molar-refractivity contribution in [1.29, 1.82) is 0 Å². The van der Waals surface area contributed by atoms with E-state index in [9.17, 15) is 9.59 Å². The molecule has 86 valence electrons. The lowest BCUT2D eigenvalue weighted by Gasteiger charge is -2.08. The number of carbonyl (C=O) groups excluding carboxylic acids is 1. The minimum absolute atomic E-state index is 0.0379. The third-order valence-corrected chi connectivity index (χ3v) is 1.83. The van der Waals surface area contributed by atoms with Gasteiger partial charge in [-0.2, -0.15) is 0 Å². The Balaban J connectivity index is 2.73. The van der Waals surface area contributed by atoms with Crippen molar-refractivity contribution in [3.63, 3.8) is 0 Å². The van der Waals surface area contributed by atoms with E-state index in [0.717, 1.165) is 0 Å². The SMILES string of the molecule is CCCOC(=O)Nc1ccccc1C(=O)O. The molecule has 1 aromatic carbocycles. The monoisotopic (exact) mass is 223 g/mol. The first-order chi connectivity index (χ1) is 7.65. The number of hydrogen-bond donors (Lipinski definition) is 2. The summed E-state index contributed by atoms with van der Waals surface area (Å²) in [5.74, 6) is -1.09. The highest BCUT2D eigenvalue weighted by atomic mass is 16.5. The molecule has 1 aromatic rings. The minimum atomic E-state index is -1.09. The summed E-state index contributed by atoms with van der Waals surface area (Å²) in [6.07, 6.45) is 0.0733. The molecule has 0 aliphatic heterocycles. The third-order valence-electron chi connectivity index (χ3n) is 1.83. The molecule has 0 spiro atoms. The second-order valence-electron chi connectivity index (χ2n) is 3.11. The Hall–Kier alpha value is -2.04. The number of rotatable bonds is 4. The van der Waals surface area contributed by atoms with E-state index in [-0.39, 0.29) is 11.3 Å². The van der Waals surface area contributed by atoms with Gasteiger partial charge in [-0.3, -0.25) is 5.32 Å². The third kappa shape index (κ3) is 3.27. The van der Waals surface area contributed by atoms with E-state index in [1.54, 1.807) is 12.1 Å². The van der Waals surface area contributed by atoms with Crippen LogP contribution >= 0.6 is 0 Å². The lowest BCUT2D eigenvalue weighted by atomic mass is 10.2. The fourth-order valence-electron chi connectivity index (χ4n) is 1.12. The van der Waals surface area contributed by atoms with Crippen LogP contribution in [0.2, 0.25) is 0 Å². The van der Waals surface area contributed by atoms with Gasteiger partial charge in [0.25, 0.3) is 0 Å². The van der Waals surface area contributed by atoms with Gasteiger partial charge >= 0.3 is 12.1 Å². The van der Waals surface area contributed by atoms with Crippen molar-refractivity contribution in [3.8, 4) is 0 Å². The van der Waals surface area contributed by atoms with Crippen molar-refractivity contribution in [2.75, 3.05) is 11.9 Å². The molecule has 0 bridgehead atoms. The fourth-order valence-corrected chi connectivity index (χ4v) is 1.12. The topological polar surface area (TPSA) is 75.6 Å². The molecule has 1 rings (SSSR count). The van der Waals surface area contributed by atoms with E-state index in [2.05, 4.69) is 5.32 Å². The minimum Gasteiger partial charge on any atom is -0.478 e. The molecule has 5 nitrogen and oxygen atoms in total. The summed E-state index contributed by atoms with van der Waals surface area (Å²) in [5.41, 5.74) is 0.270. The van der Waals surface area contributed by atoms with Gasteiger partial charge in [0.05, 0.1) is 17.9 Å². The normalized spacial score (nSPS) is 9.56. The fraction of sp³-hybridized carbons (Fsp3) is 0.273. The van der Waals surface area contributed by atoms with E-state index in [1.807, 2.05) is 6.92 Å². The number of carboxylic acid groups (broad SMARTS) is 1. The van der Waals surface area contributed by atoms with Crippen molar-refractivity contribution in [2.24, 2.45) is 0 Å². The number of carboxylic acids is 1. The number of nitrogens with one attached hydrogen (secondary N) is 1. The van der Waals surface area contributed by atoms with Crippen LogP contribution < -0.4 is 5.32 Å². The highest BCUT2D eigenvalue weighted by Gasteiger charge is 2.11. The van der Waals surface area contributed by atoms with Crippen LogP contribution in [0.5, 0.6) is 0 Å². The number of para-hydroxylation sites is 1. The van der Waals surface area contributed by atoms with Crippen molar-refractivity contribution in [2.45, 2.75) is 13.3 Å². The second-order valence-corrected chi connectivity index (χ2v) is 3.11. The molecule has 0 fully saturated rings. The quantitative estimate of drug-likeness (QED) is 0.821. The van der Waals surface area contributed by atoms with Crippen LogP contribution in [0.4, 0.5) is 10.5 Å². The Morgan fingerprint density at radius 1 is 1.38 bits per heavy atom. The van der Waals surface area contributed by atoms with Gasteiger partial charge in [-0.25, -0.2) is 9.59 Å². The second kappa shape index (κ2) is 5.75. The maximum absolute atomic E-state index is 11.2.